The van der Waals surface area contributed by atoms with Gasteiger partial charge in [-0.2, -0.15) is 11.8 Å². The van der Waals surface area contributed by atoms with E-state index in [4.69, 9.17) is 18.0 Å². The molecule has 0 saturated carbocycles. The van der Waals surface area contributed by atoms with Crippen LogP contribution in [-0.2, 0) is 47.8 Å². The maximum atomic E-state index is 12.1. The highest BCUT2D eigenvalue weighted by molar-refractivity contribution is 7.99. The molecule has 17 heteroatoms. The molecule has 214 valence electrons. The van der Waals surface area contributed by atoms with Crippen LogP contribution in [-0.4, -0.2) is 102 Å². The van der Waals surface area contributed by atoms with Gasteiger partial charge < -0.3 is 32.4 Å². The molecular formula is C19H37NO12S3Si-2. The zero-order valence-corrected chi connectivity index (χ0v) is 24.5. The third kappa shape index (κ3) is 17.6. The summed E-state index contributed by atoms with van der Waals surface area (Å²) in [6, 6.07) is 0.569. The number of rotatable bonds is 21. The summed E-state index contributed by atoms with van der Waals surface area (Å²) in [6.07, 6.45) is -1.08. The Morgan fingerprint density at radius 3 is 1.89 bits per heavy atom. The Morgan fingerprint density at radius 1 is 0.944 bits per heavy atom. The predicted molar refractivity (Wildman–Crippen MR) is 133 cm³/mol. The molecule has 0 aromatic rings. The Hall–Kier alpha value is -0.793. The molecule has 1 N–H and O–H groups in total. The van der Waals surface area contributed by atoms with Gasteiger partial charge in [0.25, 0.3) is 0 Å². The smallest absolute Gasteiger partial charge is 0.500 e. The molecular weight excluding hydrogens is 558 g/mol. The zero-order chi connectivity index (χ0) is 27.8. The van der Waals surface area contributed by atoms with E-state index in [1.165, 1.54) is 18.7 Å². The first-order valence-electron chi connectivity index (χ1n) is 11.5. The van der Waals surface area contributed by atoms with Crippen molar-refractivity contribution < 1.29 is 53.5 Å². The first-order valence-corrected chi connectivity index (χ1v) is 17.7. The van der Waals surface area contributed by atoms with Gasteiger partial charge in [-0.1, -0.05) is 6.92 Å². The van der Waals surface area contributed by atoms with Crippen LogP contribution >= 0.6 is 11.8 Å². The summed E-state index contributed by atoms with van der Waals surface area (Å²) in [4.78, 5) is 24.2. The molecule has 0 aromatic carbocycles. The second-order valence-electron chi connectivity index (χ2n) is 7.67. The van der Waals surface area contributed by atoms with Crippen LogP contribution in [0.15, 0.2) is 0 Å². The van der Waals surface area contributed by atoms with Crippen molar-refractivity contribution in [3.05, 3.63) is 0 Å². The second-order valence-corrected chi connectivity index (χ2v) is 14.4. The fraction of sp³-hybridized carbons (Fsp3) is 0.895. The molecule has 0 saturated heterocycles. The Kier molecular flexibility index (Phi) is 17.3. The lowest BCUT2D eigenvalue weighted by Crippen LogP contribution is -2.46. The average molecular weight is 596 g/mol. The first kappa shape index (κ1) is 35.2. The summed E-state index contributed by atoms with van der Waals surface area (Å²) in [5.74, 6) is -3.99. The summed E-state index contributed by atoms with van der Waals surface area (Å²) in [6.45, 7) is 8.88. The van der Waals surface area contributed by atoms with Crippen LogP contribution in [0.1, 0.15) is 40.5 Å². The van der Waals surface area contributed by atoms with Crippen LogP contribution in [0.2, 0.25) is 6.04 Å². The number of hydrogen-bond acceptors (Lipinski definition) is 13. The van der Waals surface area contributed by atoms with Crippen molar-refractivity contribution in [1.29, 1.82) is 0 Å². The van der Waals surface area contributed by atoms with Gasteiger partial charge in [-0.3, -0.25) is 9.59 Å². The average Bonchev–Trinajstić information content (AvgIpc) is 2.72. The van der Waals surface area contributed by atoms with Gasteiger partial charge in [0.1, 0.15) is 6.10 Å². The molecule has 0 heterocycles. The normalized spacial score (nSPS) is 13.5. The lowest BCUT2D eigenvalue weighted by Gasteiger charge is -2.28. The van der Waals surface area contributed by atoms with Gasteiger partial charge in [0.2, 0.25) is 5.91 Å². The fourth-order valence-electron chi connectivity index (χ4n) is 2.97. The van der Waals surface area contributed by atoms with E-state index in [1.807, 2.05) is 20.8 Å². The molecule has 0 radical (unpaired) electrons. The Bertz CT molecular complexity index is 818. The number of amides is 1. The van der Waals surface area contributed by atoms with Crippen LogP contribution in [0.25, 0.3) is 0 Å². The zero-order valence-electron chi connectivity index (χ0n) is 21.1. The van der Waals surface area contributed by atoms with Gasteiger partial charge in [0, 0.05) is 50.3 Å². The molecule has 0 aliphatic heterocycles. The largest absolute Gasteiger partial charge is 0.748 e. The summed E-state index contributed by atoms with van der Waals surface area (Å²) >= 11 is 1.26. The Balaban J connectivity index is 4.40. The number of thioether (sulfide) groups is 1. The Labute approximate surface area is 219 Å². The first-order chi connectivity index (χ1) is 16.7. The van der Waals surface area contributed by atoms with E-state index in [0.29, 0.717) is 44.6 Å². The van der Waals surface area contributed by atoms with E-state index in [2.05, 4.69) is 5.32 Å². The number of carbonyl (C=O) groups excluding carboxylic acids is 2. The molecule has 1 unspecified atom stereocenters. The highest BCUT2D eigenvalue weighted by Gasteiger charge is 2.39. The van der Waals surface area contributed by atoms with E-state index >= 15 is 0 Å². The van der Waals surface area contributed by atoms with E-state index < -0.39 is 58.5 Å². The van der Waals surface area contributed by atoms with Gasteiger partial charge >= 0.3 is 14.8 Å². The molecule has 0 fully saturated rings. The number of esters is 1. The van der Waals surface area contributed by atoms with E-state index in [0.717, 1.165) is 0 Å². The number of nitrogens with one attached hydrogen (secondary N) is 1. The molecule has 36 heavy (non-hydrogen) atoms. The highest BCUT2D eigenvalue weighted by atomic mass is 32.2. The number of hydrogen-bond donors (Lipinski definition) is 1. The van der Waals surface area contributed by atoms with Crippen molar-refractivity contribution in [3.8, 4) is 0 Å². The SMILES string of the molecule is CCO[Si](CCCNC(=O)CCSCC(C)C(=O)OC(CS(=O)(=O)[O-])CS(=O)(=O)[O-])(OCC)OCC. The lowest BCUT2D eigenvalue weighted by atomic mass is 10.2. The lowest BCUT2D eigenvalue weighted by molar-refractivity contribution is -0.150. The van der Waals surface area contributed by atoms with Crippen molar-refractivity contribution in [2.75, 3.05) is 49.4 Å². The molecule has 0 bridgehead atoms. The van der Waals surface area contributed by atoms with Gasteiger partial charge in [0.15, 0.2) is 0 Å². The molecule has 0 aromatic heterocycles. The summed E-state index contributed by atoms with van der Waals surface area (Å²) in [5.41, 5.74) is 0. The maximum Gasteiger partial charge on any atom is 0.500 e. The van der Waals surface area contributed by atoms with Crippen molar-refractivity contribution in [3.63, 3.8) is 0 Å². The molecule has 0 aliphatic carbocycles. The second kappa shape index (κ2) is 17.7. The van der Waals surface area contributed by atoms with Gasteiger partial charge in [-0.25, -0.2) is 16.8 Å². The monoisotopic (exact) mass is 595 g/mol. The van der Waals surface area contributed by atoms with Crippen molar-refractivity contribution >= 4 is 52.7 Å². The maximum absolute atomic E-state index is 12.1. The molecule has 1 atom stereocenters. The molecule has 0 aliphatic rings. The molecule has 0 rings (SSSR count). The molecule has 13 nitrogen and oxygen atoms in total. The third-order valence-electron chi connectivity index (χ3n) is 4.38. The van der Waals surface area contributed by atoms with Crippen molar-refractivity contribution in [1.82, 2.24) is 5.32 Å². The summed E-state index contributed by atoms with van der Waals surface area (Å²) < 4.78 is 87.3. The quantitative estimate of drug-likeness (QED) is 0.0823. The van der Waals surface area contributed by atoms with Crippen LogP contribution < -0.4 is 5.32 Å². The molecule has 0 spiro atoms. The van der Waals surface area contributed by atoms with Gasteiger partial charge in [-0.15, -0.1) is 0 Å². The van der Waals surface area contributed by atoms with Crippen LogP contribution in [0.3, 0.4) is 0 Å². The van der Waals surface area contributed by atoms with Crippen molar-refractivity contribution in [2.45, 2.75) is 52.7 Å². The highest BCUT2D eigenvalue weighted by Crippen LogP contribution is 2.18. The van der Waals surface area contributed by atoms with Crippen LogP contribution in [0.4, 0.5) is 0 Å². The number of ether oxygens (including phenoxy) is 1. The van der Waals surface area contributed by atoms with Crippen LogP contribution in [0, 0.1) is 5.92 Å². The minimum Gasteiger partial charge on any atom is -0.748 e. The standard InChI is InChI=1S/C19H39NO12S3Si/c1-5-29-36(30-6-2,31-7-3)12-8-10-20-18(21)9-11-33-13-16(4)19(22)32-17(14-34(23,24)25)15-35(26,27)28/h16-17H,5-15H2,1-4H3,(H,20,21)(H,23,24,25)(H,26,27,28)/p-2. The van der Waals surface area contributed by atoms with Gasteiger partial charge in [-0.05, 0) is 27.2 Å². The molecule has 1 amide bonds. The predicted octanol–water partition coefficient (Wildman–Crippen LogP) is 0.303. The minimum atomic E-state index is -4.92. The third-order valence-corrected chi connectivity index (χ3v) is 10.3. The minimum absolute atomic E-state index is 0.183. The van der Waals surface area contributed by atoms with E-state index in [9.17, 15) is 35.5 Å². The number of carbonyl (C=O) groups is 2. The summed E-state index contributed by atoms with van der Waals surface area (Å²) in [7, 11) is -12.6. The van der Waals surface area contributed by atoms with E-state index in [1.54, 1.807) is 0 Å². The van der Waals surface area contributed by atoms with E-state index in [-0.39, 0.29) is 18.1 Å². The van der Waals surface area contributed by atoms with Crippen LogP contribution in [0.5, 0.6) is 0 Å². The Morgan fingerprint density at radius 2 is 1.44 bits per heavy atom. The topological polar surface area (TPSA) is 197 Å². The van der Waals surface area contributed by atoms with Gasteiger partial charge in [0.05, 0.1) is 37.7 Å². The summed E-state index contributed by atoms with van der Waals surface area (Å²) in [5, 5.41) is 2.80. The fourth-order valence-corrected chi connectivity index (χ4v) is 8.00. The van der Waals surface area contributed by atoms with Crippen molar-refractivity contribution in [2.24, 2.45) is 5.92 Å².